The number of piperidine rings is 1. The first-order chi connectivity index (χ1) is 17.2. The van der Waals surface area contributed by atoms with Gasteiger partial charge in [0.2, 0.25) is 5.78 Å². The van der Waals surface area contributed by atoms with Gasteiger partial charge in [-0.3, -0.25) is 4.79 Å². The number of nitrogens with one attached hydrogen (secondary N) is 1. The minimum atomic E-state index is -0.803. The molecule has 0 radical (unpaired) electrons. The number of ether oxygens (including phenoxy) is 2. The number of nitrogens with zero attached hydrogens (tertiary/aromatic N) is 3. The van der Waals surface area contributed by atoms with Crippen molar-refractivity contribution in [2.24, 2.45) is 5.92 Å². The van der Waals surface area contributed by atoms with Crippen molar-refractivity contribution in [3.05, 3.63) is 65.2 Å². The molecule has 9 heteroatoms. The van der Waals surface area contributed by atoms with Crippen LogP contribution in [-0.2, 0) is 14.3 Å². The minimum Gasteiger partial charge on any atom is -0.449 e. The van der Waals surface area contributed by atoms with E-state index in [-0.39, 0.29) is 19.1 Å². The number of carbonyl (C=O) groups is 3. The summed E-state index contributed by atoms with van der Waals surface area (Å²) in [5.41, 5.74) is 12.6. The minimum absolute atomic E-state index is 0.0219. The highest BCUT2D eigenvalue weighted by Crippen LogP contribution is 2.44. The summed E-state index contributed by atoms with van der Waals surface area (Å²) in [5.74, 6) is -1.39. The molecule has 1 saturated heterocycles. The van der Waals surface area contributed by atoms with E-state index in [4.69, 9.17) is 15.0 Å². The molecule has 0 unspecified atom stereocenters. The molecular formula is C27H30N4O5. The Morgan fingerprint density at radius 3 is 2.28 bits per heavy atom. The van der Waals surface area contributed by atoms with Crippen molar-refractivity contribution in [2.45, 2.75) is 44.8 Å². The van der Waals surface area contributed by atoms with Gasteiger partial charge in [0.15, 0.2) is 0 Å². The molecule has 1 fully saturated rings. The van der Waals surface area contributed by atoms with Crippen molar-refractivity contribution in [1.82, 2.24) is 10.2 Å². The Labute approximate surface area is 210 Å². The number of likely N-dealkylation sites (tertiary alicyclic amines) is 1. The fraction of sp³-hybridized carbons (Fsp3) is 0.407. The van der Waals surface area contributed by atoms with E-state index in [2.05, 4.69) is 22.2 Å². The molecule has 2 amide bonds. The number of amides is 2. The predicted molar refractivity (Wildman–Crippen MR) is 133 cm³/mol. The summed E-state index contributed by atoms with van der Waals surface area (Å²) >= 11 is 0. The maximum absolute atomic E-state index is 12.8. The van der Waals surface area contributed by atoms with Crippen LogP contribution in [0.15, 0.2) is 48.5 Å². The smallest absolute Gasteiger partial charge is 0.410 e. The molecule has 2 aromatic carbocycles. The maximum atomic E-state index is 12.8. The molecule has 1 N–H and O–H groups in total. The SMILES string of the molecule is CC(C)(C)OC(=O)N1CC[C@H](NC(=O)OCC2c3ccccc3-c3ccccc32)[C@@H](C(=O)C=[N+]=[N-])C1. The highest BCUT2D eigenvalue weighted by molar-refractivity contribution is 6.26. The highest BCUT2D eigenvalue weighted by Gasteiger charge is 2.39. The van der Waals surface area contributed by atoms with Gasteiger partial charge in [-0.15, -0.1) is 0 Å². The van der Waals surface area contributed by atoms with Gasteiger partial charge >= 0.3 is 18.4 Å². The summed E-state index contributed by atoms with van der Waals surface area (Å²) in [5, 5.41) is 2.78. The molecule has 1 heterocycles. The first kappa shape index (κ1) is 25.1. The van der Waals surface area contributed by atoms with Crippen molar-refractivity contribution in [2.75, 3.05) is 19.7 Å². The number of ketones is 1. The van der Waals surface area contributed by atoms with Gasteiger partial charge in [-0.05, 0) is 49.4 Å². The summed E-state index contributed by atoms with van der Waals surface area (Å²) in [6.45, 7) is 5.75. The number of carbonyl (C=O) groups excluding carboxylic acids is 3. The van der Waals surface area contributed by atoms with E-state index in [1.807, 2.05) is 36.4 Å². The zero-order valence-electron chi connectivity index (χ0n) is 20.6. The average Bonchev–Trinajstić information content (AvgIpc) is 3.16. The van der Waals surface area contributed by atoms with E-state index in [0.29, 0.717) is 13.0 Å². The zero-order valence-corrected chi connectivity index (χ0v) is 20.6. The topological polar surface area (TPSA) is 121 Å². The van der Waals surface area contributed by atoms with Crippen LogP contribution in [0.25, 0.3) is 16.7 Å². The van der Waals surface area contributed by atoms with E-state index in [1.54, 1.807) is 20.8 Å². The standard InChI is InChI=1S/C27H30N4O5/c1-27(2,3)36-26(34)31-13-12-23(21(15-31)24(32)14-29-28)30-25(33)35-16-22-19-10-6-4-8-17(19)18-9-5-7-11-20(18)22/h4-11,14,21-23H,12-13,15-16H2,1-3H3,(H,30,33)/t21-,23-/m0/s1. The van der Waals surface area contributed by atoms with E-state index in [0.717, 1.165) is 28.5 Å². The van der Waals surface area contributed by atoms with Crippen LogP contribution in [0.3, 0.4) is 0 Å². The lowest BCUT2D eigenvalue weighted by molar-refractivity contribution is -0.121. The normalized spacial score (nSPS) is 18.9. The van der Waals surface area contributed by atoms with Crippen LogP contribution in [0.1, 0.15) is 44.2 Å². The van der Waals surface area contributed by atoms with Crippen molar-refractivity contribution >= 4 is 24.2 Å². The van der Waals surface area contributed by atoms with Gasteiger partial charge in [0.05, 0.1) is 5.92 Å². The Kier molecular flexibility index (Phi) is 7.22. The van der Waals surface area contributed by atoms with Gasteiger partial charge in [-0.25, -0.2) is 9.59 Å². The molecule has 0 aromatic heterocycles. The quantitative estimate of drug-likeness (QED) is 0.385. The van der Waals surface area contributed by atoms with Crippen molar-refractivity contribution in [3.8, 4) is 11.1 Å². The second kappa shape index (κ2) is 10.3. The van der Waals surface area contributed by atoms with Gasteiger partial charge in [0.25, 0.3) is 0 Å². The van der Waals surface area contributed by atoms with Crippen LogP contribution in [0.5, 0.6) is 0 Å². The Hall–Kier alpha value is -3.97. The third-order valence-electron chi connectivity index (χ3n) is 6.46. The second-order valence-corrected chi connectivity index (χ2v) is 10.0. The van der Waals surface area contributed by atoms with E-state index in [1.165, 1.54) is 4.90 Å². The van der Waals surface area contributed by atoms with E-state index < -0.39 is 35.5 Å². The van der Waals surface area contributed by atoms with Gasteiger partial charge in [0.1, 0.15) is 12.2 Å². The first-order valence-corrected chi connectivity index (χ1v) is 12.0. The summed E-state index contributed by atoms with van der Waals surface area (Å²) in [4.78, 5) is 42.2. The zero-order chi connectivity index (χ0) is 25.9. The Bertz CT molecular complexity index is 1170. The molecule has 188 valence electrons. The third kappa shape index (κ3) is 5.47. The second-order valence-electron chi connectivity index (χ2n) is 10.0. The summed E-state index contributed by atoms with van der Waals surface area (Å²) < 4.78 is 11.0. The number of Topliss-reactive ketones (excluding diaryl/α,β-unsaturated/α-hetero) is 1. The van der Waals surface area contributed by atoms with E-state index in [9.17, 15) is 14.4 Å². The fourth-order valence-corrected chi connectivity index (χ4v) is 4.85. The Morgan fingerprint density at radius 2 is 1.69 bits per heavy atom. The number of rotatable bonds is 5. The lowest BCUT2D eigenvalue weighted by atomic mass is 9.89. The van der Waals surface area contributed by atoms with Gasteiger partial charge in [-0.2, -0.15) is 4.79 Å². The average molecular weight is 491 g/mol. The van der Waals surface area contributed by atoms with Gasteiger partial charge in [0, 0.05) is 25.0 Å². The molecule has 0 spiro atoms. The number of hydrogen-bond acceptors (Lipinski definition) is 5. The molecule has 1 aliphatic heterocycles. The maximum Gasteiger partial charge on any atom is 0.410 e. The number of hydrogen-bond donors (Lipinski definition) is 1. The van der Waals surface area contributed by atoms with Crippen LogP contribution < -0.4 is 5.32 Å². The summed E-state index contributed by atoms with van der Waals surface area (Å²) in [6.07, 6.45) is -0.0819. The highest BCUT2D eigenvalue weighted by atomic mass is 16.6. The molecule has 0 saturated carbocycles. The van der Waals surface area contributed by atoms with Crippen LogP contribution in [-0.4, -0.2) is 65.2 Å². The fourth-order valence-electron chi connectivity index (χ4n) is 4.85. The van der Waals surface area contributed by atoms with Crippen LogP contribution in [0, 0.1) is 5.92 Å². The Morgan fingerprint density at radius 1 is 1.08 bits per heavy atom. The molecule has 2 atom stereocenters. The van der Waals surface area contributed by atoms with Crippen molar-refractivity contribution in [1.29, 1.82) is 0 Å². The monoisotopic (exact) mass is 490 g/mol. The summed E-state index contributed by atoms with van der Waals surface area (Å²) in [7, 11) is 0. The van der Waals surface area contributed by atoms with E-state index >= 15 is 0 Å². The number of alkyl carbamates (subject to hydrolysis) is 1. The molecular weight excluding hydrogens is 460 g/mol. The lowest BCUT2D eigenvalue weighted by Gasteiger charge is -2.37. The number of benzene rings is 2. The molecule has 36 heavy (non-hydrogen) atoms. The van der Waals surface area contributed by atoms with Crippen LogP contribution >= 0.6 is 0 Å². The third-order valence-corrected chi connectivity index (χ3v) is 6.46. The molecule has 9 nitrogen and oxygen atoms in total. The molecule has 2 aliphatic rings. The molecule has 1 aliphatic carbocycles. The van der Waals surface area contributed by atoms with Crippen LogP contribution in [0.2, 0.25) is 0 Å². The molecule has 0 bridgehead atoms. The van der Waals surface area contributed by atoms with Crippen LogP contribution in [0.4, 0.5) is 9.59 Å². The van der Waals surface area contributed by atoms with Crippen molar-refractivity contribution in [3.63, 3.8) is 0 Å². The summed E-state index contributed by atoms with van der Waals surface area (Å²) in [6, 6.07) is 15.5. The predicted octanol–water partition coefficient (Wildman–Crippen LogP) is 4.02. The number of fused-ring (bicyclic) bond motifs is 3. The van der Waals surface area contributed by atoms with Crippen molar-refractivity contribution < 1.29 is 28.6 Å². The Balaban J connectivity index is 1.42. The lowest BCUT2D eigenvalue weighted by Crippen LogP contribution is -2.55. The molecule has 4 rings (SSSR count). The van der Waals surface area contributed by atoms with Gasteiger partial charge in [-0.1, -0.05) is 48.5 Å². The molecule has 2 aromatic rings. The van der Waals surface area contributed by atoms with Gasteiger partial charge < -0.3 is 25.2 Å². The largest absolute Gasteiger partial charge is 0.449 e. The first-order valence-electron chi connectivity index (χ1n) is 12.0.